The molecule has 18 heavy (non-hydrogen) atoms. The van der Waals surface area contributed by atoms with Crippen molar-refractivity contribution in [2.24, 2.45) is 5.92 Å². The third-order valence-corrected chi connectivity index (χ3v) is 4.15. The van der Waals surface area contributed by atoms with Crippen molar-refractivity contribution in [2.75, 3.05) is 11.4 Å². The summed E-state index contributed by atoms with van der Waals surface area (Å²) in [6.45, 7) is 9.68. The summed E-state index contributed by atoms with van der Waals surface area (Å²) in [6.07, 6.45) is 3.48. The Bertz CT molecular complexity index is 421. The van der Waals surface area contributed by atoms with E-state index in [9.17, 15) is 4.79 Å². The monoisotopic (exact) mass is 266 g/mol. The Hall–Kier alpha value is -0.900. The molecular formula is C14H22N2OS. The summed E-state index contributed by atoms with van der Waals surface area (Å²) < 4.78 is 0. The van der Waals surface area contributed by atoms with Crippen LogP contribution >= 0.6 is 11.3 Å². The van der Waals surface area contributed by atoms with Gasteiger partial charge >= 0.3 is 0 Å². The molecule has 0 amide bonds. The lowest BCUT2D eigenvalue weighted by molar-refractivity contribution is 0.112. The fourth-order valence-electron chi connectivity index (χ4n) is 2.12. The fraction of sp³-hybridized carbons (Fsp3) is 0.714. The molecule has 0 bridgehead atoms. The molecule has 0 aromatic carbocycles. The first kappa shape index (κ1) is 13.5. The molecule has 3 nitrogen and oxygen atoms in total. The maximum Gasteiger partial charge on any atom is 0.186 e. The Balaban J connectivity index is 2.27. The average Bonchev–Trinajstić information content (AvgIpc) is 3.04. The summed E-state index contributed by atoms with van der Waals surface area (Å²) in [7, 11) is 0. The van der Waals surface area contributed by atoms with E-state index in [0.717, 1.165) is 28.5 Å². The third kappa shape index (κ3) is 2.91. The van der Waals surface area contributed by atoms with Gasteiger partial charge in [0.25, 0.3) is 0 Å². The van der Waals surface area contributed by atoms with Crippen LogP contribution in [0.2, 0.25) is 0 Å². The minimum atomic E-state index is 0.315. The van der Waals surface area contributed by atoms with Crippen molar-refractivity contribution >= 4 is 22.8 Å². The number of carbonyl (C=O) groups excluding carboxylic acids is 1. The van der Waals surface area contributed by atoms with Crippen LogP contribution in [0.1, 0.15) is 61.8 Å². The highest BCUT2D eigenvalue weighted by Crippen LogP contribution is 2.37. The SMILES string of the molecule is CC(C)CN(c1nc(C(C)C)c(C=O)s1)C1CC1. The molecule has 0 saturated heterocycles. The first-order valence-electron chi connectivity index (χ1n) is 6.75. The maximum atomic E-state index is 11.1. The van der Waals surface area contributed by atoms with Crippen molar-refractivity contribution in [1.82, 2.24) is 4.98 Å². The fourth-order valence-corrected chi connectivity index (χ4v) is 3.23. The van der Waals surface area contributed by atoms with E-state index in [0.29, 0.717) is 17.9 Å². The van der Waals surface area contributed by atoms with Crippen LogP contribution in [0, 0.1) is 5.92 Å². The predicted octanol–water partition coefficient (Wildman–Crippen LogP) is 3.70. The number of nitrogens with zero attached hydrogens (tertiary/aromatic N) is 2. The number of aldehydes is 1. The van der Waals surface area contributed by atoms with Crippen molar-refractivity contribution in [3.8, 4) is 0 Å². The number of aromatic nitrogens is 1. The van der Waals surface area contributed by atoms with Crippen LogP contribution in [0.15, 0.2) is 0 Å². The molecule has 100 valence electrons. The van der Waals surface area contributed by atoms with E-state index in [2.05, 4.69) is 32.6 Å². The second-order valence-corrected chi connectivity index (χ2v) is 6.80. The number of carbonyl (C=O) groups is 1. The van der Waals surface area contributed by atoms with Gasteiger partial charge in [-0.1, -0.05) is 39.0 Å². The van der Waals surface area contributed by atoms with Gasteiger partial charge in [-0.15, -0.1) is 0 Å². The Kier molecular flexibility index (Phi) is 4.05. The number of anilines is 1. The molecule has 0 N–H and O–H groups in total. The number of hydrogen-bond acceptors (Lipinski definition) is 4. The van der Waals surface area contributed by atoms with Crippen LogP contribution in [-0.4, -0.2) is 23.9 Å². The maximum absolute atomic E-state index is 11.1. The number of hydrogen-bond donors (Lipinski definition) is 0. The zero-order valence-electron chi connectivity index (χ0n) is 11.6. The van der Waals surface area contributed by atoms with Crippen LogP contribution in [0.25, 0.3) is 0 Å². The number of rotatable bonds is 6. The lowest BCUT2D eigenvalue weighted by atomic mass is 10.1. The first-order valence-corrected chi connectivity index (χ1v) is 7.57. The van der Waals surface area contributed by atoms with E-state index in [4.69, 9.17) is 4.98 Å². The summed E-state index contributed by atoms with van der Waals surface area (Å²) in [5.41, 5.74) is 0.958. The predicted molar refractivity (Wildman–Crippen MR) is 76.8 cm³/mol. The van der Waals surface area contributed by atoms with Crippen molar-refractivity contribution < 1.29 is 4.79 Å². The van der Waals surface area contributed by atoms with Crippen molar-refractivity contribution in [3.63, 3.8) is 0 Å². The number of thiazole rings is 1. The molecule has 1 fully saturated rings. The van der Waals surface area contributed by atoms with Gasteiger partial charge in [0.1, 0.15) is 0 Å². The standard InChI is InChI=1S/C14H22N2OS/c1-9(2)7-16(11-5-6-11)14-15-13(10(3)4)12(8-17)18-14/h8-11H,5-7H2,1-4H3. The molecule has 1 heterocycles. The van der Waals surface area contributed by atoms with E-state index in [-0.39, 0.29) is 0 Å². The lowest BCUT2D eigenvalue weighted by Gasteiger charge is -2.23. The topological polar surface area (TPSA) is 33.2 Å². The Morgan fingerprint density at radius 3 is 2.44 bits per heavy atom. The summed E-state index contributed by atoms with van der Waals surface area (Å²) in [5, 5.41) is 1.04. The lowest BCUT2D eigenvalue weighted by Crippen LogP contribution is -2.29. The summed E-state index contributed by atoms with van der Waals surface area (Å²) >= 11 is 1.55. The van der Waals surface area contributed by atoms with Crippen molar-refractivity contribution in [2.45, 2.75) is 52.5 Å². The third-order valence-electron chi connectivity index (χ3n) is 3.12. The molecule has 4 heteroatoms. The van der Waals surface area contributed by atoms with Gasteiger partial charge in [0.05, 0.1) is 10.6 Å². The molecule has 1 aliphatic carbocycles. The quantitative estimate of drug-likeness (QED) is 0.736. The van der Waals surface area contributed by atoms with Gasteiger partial charge < -0.3 is 4.90 Å². The summed E-state index contributed by atoms with van der Waals surface area (Å²) in [6, 6.07) is 0.651. The van der Waals surface area contributed by atoms with Crippen LogP contribution in [0.5, 0.6) is 0 Å². The first-order chi connectivity index (χ1) is 8.52. The Morgan fingerprint density at radius 2 is 2.06 bits per heavy atom. The second-order valence-electron chi connectivity index (χ2n) is 5.80. The van der Waals surface area contributed by atoms with Crippen LogP contribution in [0.3, 0.4) is 0 Å². The Morgan fingerprint density at radius 1 is 1.39 bits per heavy atom. The van der Waals surface area contributed by atoms with Gasteiger partial charge in [0.2, 0.25) is 0 Å². The van der Waals surface area contributed by atoms with Crippen LogP contribution < -0.4 is 4.90 Å². The molecule has 0 atom stereocenters. The van der Waals surface area contributed by atoms with Crippen LogP contribution in [-0.2, 0) is 0 Å². The highest BCUT2D eigenvalue weighted by molar-refractivity contribution is 7.17. The molecular weight excluding hydrogens is 244 g/mol. The van der Waals surface area contributed by atoms with Gasteiger partial charge in [-0.3, -0.25) is 4.79 Å². The van der Waals surface area contributed by atoms with Gasteiger partial charge in [-0.2, -0.15) is 0 Å². The molecule has 0 radical (unpaired) electrons. The van der Waals surface area contributed by atoms with Gasteiger partial charge in [-0.05, 0) is 24.7 Å². The van der Waals surface area contributed by atoms with Crippen LogP contribution in [0.4, 0.5) is 5.13 Å². The molecule has 0 spiro atoms. The highest BCUT2D eigenvalue weighted by atomic mass is 32.1. The largest absolute Gasteiger partial charge is 0.345 e. The van der Waals surface area contributed by atoms with Gasteiger partial charge in [0, 0.05) is 12.6 Å². The van der Waals surface area contributed by atoms with E-state index < -0.39 is 0 Å². The minimum absolute atomic E-state index is 0.315. The van der Waals surface area contributed by atoms with E-state index >= 15 is 0 Å². The van der Waals surface area contributed by atoms with Gasteiger partial charge in [-0.25, -0.2) is 4.98 Å². The van der Waals surface area contributed by atoms with Crippen molar-refractivity contribution in [3.05, 3.63) is 10.6 Å². The molecule has 2 rings (SSSR count). The molecule has 1 aromatic heterocycles. The van der Waals surface area contributed by atoms with Crippen molar-refractivity contribution in [1.29, 1.82) is 0 Å². The zero-order chi connectivity index (χ0) is 13.3. The van der Waals surface area contributed by atoms with E-state index in [1.807, 2.05) is 0 Å². The Labute approximate surface area is 113 Å². The summed E-state index contributed by atoms with van der Waals surface area (Å²) in [5.74, 6) is 0.937. The normalized spacial score (nSPS) is 15.4. The molecule has 1 aliphatic rings. The molecule has 1 saturated carbocycles. The summed E-state index contributed by atoms with van der Waals surface area (Å²) in [4.78, 5) is 19.0. The molecule has 0 aliphatic heterocycles. The zero-order valence-corrected chi connectivity index (χ0v) is 12.5. The van der Waals surface area contributed by atoms with E-state index in [1.54, 1.807) is 11.3 Å². The minimum Gasteiger partial charge on any atom is -0.345 e. The van der Waals surface area contributed by atoms with E-state index in [1.165, 1.54) is 12.8 Å². The highest BCUT2D eigenvalue weighted by Gasteiger charge is 2.32. The smallest absolute Gasteiger partial charge is 0.186 e. The average molecular weight is 266 g/mol. The molecule has 1 aromatic rings. The molecule has 0 unspecified atom stereocenters. The van der Waals surface area contributed by atoms with Gasteiger partial charge in [0.15, 0.2) is 11.4 Å². The second kappa shape index (κ2) is 5.39.